The van der Waals surface area contributed by atoms with E-state index in [1.54, 1.807) is 6.20 Å². The lowest BCUT2D eigenvalue weighted by molar-refractivity contribution is 0.0672. The number of fused-ring (bicyclic) bond motifs is 1. The third-order valence-electron chi connectivity index (χ3n) is 4.30. The van der Waals surface area contributed by atoms with E-state index in [0.717, 1.165) is 38.4 Å². The van der Waals surface area contributed by atoms with Crippen LogP contribution in [0.15, 0.2) is 18.3 Å². The third kappa shape index (κ3) is 2.86. The van der Waals surface area contributed by atoms with Gasteiger partial charge in [-0.05, 0) is 30.9 Å². The molecule has 1 aromatic rings. The Morgan fingerprint density at radius 3 is 2.89 bits per heavy atom. The van der Waals surface area contributed by atoms with E-state index < -0.39 is 0 Å². The zero-order valence-corrected chi connectivity index (χ0v) is 11.8. The minimum Gasteiger partial charge on any atom is -0.396 e. The monoisotopic (exact) mass is 281 g/mol. The van der Waals surface area contributed by atoms with Gasteiger partial charge in [-0.15, -0.1) is 0 Å². The highest BCUT2D eigenvalue weighted by Gasteiger charge is 2.32. The van der Waals surface area contributed by atoms with Crippen LogP contribution >= 0.6 is 11.6 Å². The second kappa shape index (κ2) is 5.65. The van der Waals surface area contributed by atoms with Gasteiger partial charge in [-0.25, -0.2) is 4.98 Å². The van der Waals surface area contributed by atoms with Crippen molar-refractivity contribution in [2.24, 2.45) is 5.92 Å². The summed E-state index contributed by atoms with van der Waals surface area (Å²) in [5, 5.41) is 9.96. The fraction of sp³-hybridized carbons (Fsp3) is 0.643. The molecule has 3 rings (SSSR count). The molecule has 3 heterocycles. The highest BCUT2D eigenvalue weighted by molar-refractivity contribution is 6.30. The maximum Gasteiger partial charge on any atom is 0.128 e. The van der Waals surface area contributed by atoms with E-state index in [-0.39, 0.29) is 0 Å². The van der Waals surface area contributed by atoms with Crippen molar-refractivity contribution < 1.29 is 5.11 Å². The van der Waals surface area contributed by atoms with Crippen molar-refractivity contribution in [3.63, 3.8) is 0 Å². The lowest BCUT2D eigenvalue weighted by atomic mass is 9.91. The number of rotatable bonds is 2. The van der Waals surface area contributed by atoms with Gasteiger partial charge in [-0.1, -0.05) is 11.6 Å². The minimum atomic E-state index is 0.325. The summed E-state index contributed by atoms with van der Waals surface area (Å²) in [6.07, 6.45) is 4.03. The average Bonchev–Trinajstić information content (AvgIpc) is 2.47. The molecule has 0 amide bonds. The largest absolute Gasteiger partial charge is 0.396 e. The number of anilines is 1. The van der Waals surface area contributed by atoms with Crippen molar-refractivity contribution in [2.45, 2.75) is 18.9 Å². The molecule has 104 valence electrons. The molecule has 2 aliphatic rings. The second-order valence-electron chi connectivity index (χ2n) is 5.56. The first-order chi connectivity index (χ1) is 9.26. The molecule has 1 aromatic heterocycles. The van der Waals surface area contributed by atoms with E-state index >= 15 is 0 Å². The van der Waals surface area contributed by atoms with Gasteiger partial charge in [0.2, 0.25) is 0 Å². The number of hydrogen-bond donors (Lipinski definition) is 1. The molecule has 2 aliphatic heterocycles. The predicted molar refractivity (Wildman–Crippen MR) is 76.6 cm³/mol. The molecular weight excluding hydrogens is 262 g/mol. The molecule has 0 spiro atoms. The van der Waals surface area contributed by atoms with Gasteiger partial charge in [0.1, 0.15) is 5.82 Å². The Kier molecular flexibility index (Phi) is 3.91. The van der Waals surface area contributed by atoms with Crippen LogP contribution in [0.2, 0.25) is 5.02 Å². The molecule has 0 aliphatic carbocycles. The second-order valence-corrected chi connectivity index (χ2v) is 5.99. The molecule has 0 aromatic carbocycles. The fourth-order valence-corrected chi connectivity index (χ4v) is 3.28. The van der Waals surface area contributed by atoms with Crippen molar-refractivity contribution in [2.75, 3.05) is 37.7 Å². The number of pyridine rings is 1. The molecule has 2 atom stereocenters. The summed E-state index contributed by atoms with van der Waals surface area (Å²) < 4.78 is 0. The summed E-state index contributed by atoms with van der Waals surface area (Å²) in [5.41, 5.74) is 0. The molecule has 0 radical (unpaired) electrons. The summed E-state index contributed by atoms with van der Waals surface area (Å²) in [4.78, 5) is 9.27. The summed E-state index contributed by atoms with van der Waals surface area (Å²) in [7, 11) is 0. The van der Waals surface area contributed by atoms with Gasteiger partial charge in [0.25, 0.3) is 0 Å². The van der Waals surface area contributed by atoms with Crippen LogP contribution in [0.1, 0.15) is 12.8 Å². The first-order valence-corrected chi connectivity index (χ1v) is 7.35. The predicted octanol–water partition coefficient (Wildman–Crippen LogP) is 1.63. The van der Waals surface area contributed by atoms with Crippen molar-refractivity contribution in [1.82, 2.24) is 9.88 Å². The maximum atomic E-state index is 9.28. The van der Waals surface area contributed by atoms with Crippen molar-refractivity contribution in [3.8, 4) is 0 Å². The van der Waals surface area contributed by atoms with E-state index in [0.29, 0.717) is 23.6 Å². The third-order valence-corrected chi connectivity index (χ3v) is 4.52. The molecule has 0 bridgehead atoms. The van der Waals surface area contributed by atoms with Gasteiger partial charge in [0.15, 0.2) is 0 Å². The minimum absolute atomic E-state index is 0.325. The molecule has 2 fully saturated rings. The SMILES string of the molecule is OC[C@H]1CC[C@H]2CN(c3ccc(Cl)cn3)CCN2C1. The Bertz CT molecular complexity index is 425. The number of hydrogen-bond acceptors (Lipinski definition) is 4. The Morgan fingerprint density at radius 1 is 1.26 bits per heavy atom. The number of nitrogens with zero attached hydrogens (tertiary/aromatic N) is 3. The Morgan fingerprint density at radius 2 is 2.16 bits per heavy atom. The molecule has 0 unspecified atom stereocenters. The van der Waals surface area contributed by atoms with E-state index in [2.05, 4.69) is 14.8 Å². The average molecular weight is 282 g/mol. The van der Waals surface area contributed by atoms with Gasteiger partial charge >= 0.3 is 0 Å². The summed E-state index contributed by atoms with van der Waals surface area (Å²) in [6, 6.07) is 4.50. The number of aromatic nitrogens is 1. The van der Waals surface area contributed by atoms with Gasteiger partial charge < -0.3 is 10.0 Å². The lowest BCUT2D eigenvalue weighted by Gasteiger charge is -2.46. The number of piperidine rings is 1. The lowest BCUT2D eigenvalue weighted by Crippen LogP contribution is -2.57. The highest BCUT2D eigenvalue weighted by atomic mass is 35.5. The molecule has 5 heteroatoms. The molecule has 19 heavy (non-hydrogen) atoms. The number of halogens is 1. The zero-order valence-electron chi connectivity index (χ0n) is 11.0. The maximum absolute atomic E-state index is 9.28. The van der Waals surface area contributed by atoms with Crippen LogP contribution < -0.4 is 4.90 Å². The van der Waals surface area contributed by atoms with Crippen molar-refractivity contribution >= 4 is 17.4 Å². The Labute approximate surface area is 119 Å². The first-order valence-electron chi connectivity index (χ1n) is 6.97. The van der Waals surface area contributed by atoms with Crippen LogP contribution in [0.4, 0.5) is 5.82 Å². The Balaban J connectivity index is 1.65. The molecule has 4 nitrogen and oxygen atoms in total. The Hall–Kier alpha value is -0.840. The molecule has 1 N–H and O–H groups in total. The summed E-state index contributed by atoms with van der Waals surface area (Å²) in [5.74, 6) is 1.49. The van der Waals surface area contributed by atoms with Gasteiger partial charge in [-0.3, -0.25) is 4.90 Å². The van der Waals surface area contributed by atoms with Gasteiger partial charge in [0.05, 0.1) is 5.02 Å². The van der Waals surface area contributed by atoms with Crippen LogP contribution in [0, 0.1) is 5.92 Å². The normalized spacial score (nSPS) is 28.2. The fourth-order valence-electron chi connectivity index (χ4n) is 3.17. The van der Waals surface area contributed by atoms with Crippen LogP contribution in [0.3, 0.4) is 0 Å². The van der Waals surface area contributed by atoms with Crippen molar-refractivity contribution in [3.05, 3.63) is 23.4 Å². The smallest absolute Gasteiger partial charge is 0.128 e. The van der Waals surface area contributed by atoms with Crippen LogP contribution in [-0.2, 0) is 0 Å². The summed E-state index contributed by atoms with van der Waals surface area (Å²) >= 11 is 5.88. The highest BCUT2D eigenvalue weighted by Crippen LogP contribution is 2.27. The van der Waals surface area contributed by atoms with E-state index in [1.807, 2.05) is 12.1 Å². The molecule has 0 saturated carbocycles. The number of aliphatic hydroxyl groups is 1. The first kappa shape index (κ1) is 13.2. The topological polar surface area (TPSA) is 39.6 Å². The summed E-state index contributed by atoms with van der Waals surface area (Å²) in [6.45, 7) is 4.47. The zero-order chi connectivity index (χ0) is 13.2. The van der Waals surface area contributed by atoms with E-state index in [9.17, 15) is 5.11 Å². The standard InChI is InChI=1S/C14H20ClN3O/c15-12-2-4-14(16-7-12)18-6-5-17-8-11(10-19)1-3-13(17)9-18/h2,4,7,11,13,19H,1,3,5-6,8-10H2/t11-,13-/m0/s1. The number of aliphatic hydroxyl groups excluding tert-OH is 1. The van der Waals surface area contributed by atoms with Crippen LogP contribution in [0.5, 0.6) is 0 Å². The van der Waals surface area contributed by atoms with Crippen molar-refractivity contribution in [1.29, 1.82) is 0 Å². The van der Waals surface area contributed by atoms with Gasteiger partial charge in [0, 0.05) is 45.0 Å². The molecular formula is C14H20ClN3O. The van der Waals surface area contributed by atoms with Crippen LogP contribution in [0.25, 0.3) is 0 Å². The van der Waals surface area contributed by atoms with Crippen LogP contribution in [-0.4, -0.2) is 53.8 Å². The van der Waals surface area contributed by atoms with E-state index in [1.165, 1.54) is 6.42 Å². The quantitative estimate of drug-likeness (QED) is 0.894. The van der Waals surface area contributed by atoms with E-state index in [4.69, 9.17) is 11.6 Å². The van der Waals surface area contributed by atoms with Gasteiger partial charge in [-0.2, -0.15) is 0 Å². The number of piperazine rings is 1. The molecule has 2 saturated heterocycles.